The summed E-state index contributed by atoms with van der Waals surface area (Å²) in [5, 5.41) is 0.588. The van der Waals surface area contributed by atoms with E-state index in [0.29, 0.717) is 16.3 Å². The van der Waals surface area contributed by atoms with Crippen molar-refractivity contribution in [2.75, 3.05) is 13.7 Å². The van der Waals surface area contributed by atoms with Crippen LogP contribution in [0, 0.1) is 0 Å². The number of ether oxygens (including phenoxy) is 2. The van der Waals surface area contributed by atoms with Crippen LogP contribution in [-0.4, -0.2) is 25.5 Å². The van der Waals surface area contributed by atoms with Gasteiger partial charge in [-0.05, 0) is 42.5 Å². The van der Waals surface area contributed by atoms with E-state index in [0.717, 1.165) is 0 Å². The highest BCUT2D eigenvalue weighted by atomic mass is 35.5. The summed E-state index contributed by atoms with van der Waals surface area (Å²) in [7, 11) is 1.54. The van der Waals surface area contributed by atoms with Crippen LogP contribution in [0.25, 0.3) is 0 Å². The topological polar surface area (TPSA) is 52.6 Å². The lowest BCUT2D eigenvalue weighted by molar-refractivity contribution is 0.0475. The second-order valence-corrected chi connectivity index (χ2v) is 5.20. The summed E-state index contributed by atoms with van der Waals surface area (Å²) in [5.41, 5.74) is 0.587. The molecule has 6 heteroatoms. The van der Waals surface area contributed by atoms with Gasteiger partial charge in [-0.25, -0.2) is 4.79 Å². The molecule has 0 radical (unpaired) electrons. The van der Waals surface area contributed by atoms with Gasteiger partial charge in [0.15, 0.2) is 12.4 Å². The second kappa shape index (κ2) is 7.29. The number of rotatable bonds is 5. The van der Waals surface area contributed by atoms with E-state index in [1.165, 1.54) is 25.3 Å². The zero-order valence-corrected chi connectivity index (χ0v) is 13.1. The zero-order valence-electron chi connectivity index (χ0n) is 11.6. The maximum Gasteiger partial charge on any atom is 0.340 e. The normalized spacial score (nSPS) is 10.1. The number of hydrogen-bond acceptors (Lipinski definition) is 4. The largest absolute Gasteiger partial charge is 0.497 e. The standard InChI is InChI=1S/C16H12Cl2O4/c1-21-12-5-2-10(3-6-12)15(19)9-22-16(20)13-7-4-11(17)8-14(13)18/h2-8H,9H2,1H3. The fourth-order valence-corrected chi connectivity index (χ4v) is 2.21. The molecule has 0 aliphatic heterocycles. The molecule has 2 rings (SSSR count). The second-order valence-electron chi connectivity index (χ2n) is 4.35. The van der Waals surface area contributed by atoms with E-state index in [-0.39, 0.29) is 23.0 Å². The lowest BCUT2D eigenvalue weighted by Crippen LogP contribution is -2.14. The molecule has 2 aromatic carbocycles. The van der Waals surface area contributed by atoms with E-state index in [4.69, 9.17) is 32.7 Å². The molecule has 0 aliphatic rings. The highest BCUT2D eigenvalue weighted by molar-refractivity contribution is 6.36. The summed E-state index contributed by atoms with van der Waals surface area (Å²) >= 11 is 11.7. The van der Waals surface area contributed by atoms with Gasteiger partial charge in [0.2, 0.25) is 0 Å². The van der Waals surface area contributed by atoms with Gasteiger partial charge in [-0.1, -0.05) is 23.2 Å². The molecule has 0 fully saturated rings. The molecule has 0 aliphatic carbocycles. The number of carbonyl (C=O) groups is 2. The van der Waals surface area contributed by atoms with E-state index < -0.39 is 5.97 Å². The number of halogens is 2. The first-order chi connectivity index (χ1) is 10.5. The number of hydrogen-bond donors (Lipinski definition) is 0. The van der Waals surface area contributed by atoms with E-state index in [1.807, 2.05) is 0 Å². The Labute approximate surface area is 137 Å². The van der Waals surface area contributed by atoms with Gasteiger partial charge in [-0.3, -0.25) is 4.79 Å². The van der Waals surface area contributed by atoms with Crippen molar-refractivity contribution >= 4 is 35.0 Å². The number of benzene rings is 2. The van der Waals surface area contributed by atoms with Crippen LogP contribution < -0.4 is 4.74 Å². The molecule has 0 N–H and O–H groups in total. The fourth-order valence-electron chi connectivity index (χ4n) is 1.72. The third kappa shape index (κ3) is 4.00. The number of Topliss-reactive ketones (excluding diaryl/α,β-unsaturated/α-hetero) is 1. The molecule has 0 unspecified atom stereocenters. The van der Waals surface area contributed by atoms with Gasteiger partial charge >= 0.3 is 5.97 Å². The van der Waals surface area contributed by atoms with Crippen molar-refractivity contribution in [3.8, 4) is 5.75 Å². The molecule has 0 amide bonds. The van der Waals surface area contributed by atoms with Crippen molar-refractivity contribution in [3.63, 3.8) is 0 Å². The summed E-state index contributed by atoms with van der Waals surface area (Å²) in [4.78, 5) is 23.8. The fraction of sp³-hybridized carbons (Fsp3) is 0.125. The number of carbonyl (C=O) groups excluding carboxylic acids is 2. The van der Waals surface area contributed by atoms with Gasteiger partial charge in [0.05, 0.1) is 17.7 Å². The molecule has 2 aromatic rings. The molecule has 0 saturated carbocycles. The minimum absolute atomic E-state index is 0.161. The highest BCUT2D eigenvalue weighted by Crippen LogP contribution is 2.21. The highest BCUT2D eigenvalue weighted by Gasteiger charge is 2.15. The molecule has 0 aromatic heterocycles. The molecular weight excluding hydrogens is 327 g/mol. The molecule has 0 heterocycles. The molecule has 114 valence electrons. The van der Waals surface area contributed by atoms with Crippen molar-refractivity contribution < 1.29 is 19.1 Å². The minimum Gasteiger partial charge on any atom is -0.497 e. The molecular formula is C16H12Cl2O4. The summed E-state index contributed by atoms with van der Waals surface area (Å²) in [6.45, 7) is -0.371. The maximum atomic E-state index is 11.9. The first kappa shape index (κ1) is 16.3. The third-order valence-electron chi connectivity index (χ3n) is 2.90. The molecule has 4 nitrogen and oxygen atoms in total. The van der Waals surface area contributed by atoms with Gasteiger partial charge in [0.25, 0.3) is 0 Å². The Hall–Kier alpha value is -2.04. The SMILES string of the molecule is COc1ccc(C(=O)COC(=O)c2ccc(Cl)cc2Cl)cc1. The quantitative estimate of drug-likeness (QED) is 0.609. The van der Waals surface area contributed by atoms with Gasteiger partial charge in [0, 0.05) is 10.6 Å². The van der Waals surface area contributed by atoms with Crippen LogP contribution in [0.5, 0.6) is 5.75 Å². The van der Waals surface area contributed by atoms with Crippen LogP contribution in [0.15, 0.2) is 42.5 Å². The van der Waals surface area contributed by atoms with Crippen LogP contribution in [0.2, 0.25) is 10.0 Å². The number of ketones is 1. The predicted molar refractivity (Wildman–Crippen MR) is 84.1 cm³/mol. The average Bonchev–Trinajstić information content (AvgIpc) is 2.52. The van der Waals surface area contributed by atoms with E-state index in [9.17, 15) is 9.59 Å². The molecule has 0 atom stereocenters. The van der Waals surface area contributed by atoms with E-state index in [1.54, 1.807) is 24.3 Å². The van der Waals surface area contributed by atoms with Crippen molar-refractivity contribution in [2.24, 2.45) is 0 Å². The first-order valence-corrected chi connectivity index (χ1v) is 7.06. The van der Waals surface area contributed by atoms with E-state index in [2.05, 4.69) is 0 Å². The maximum absolute atomic E-state index is 11.9. The zero-order chi connectivity index (χ0) is 16.1. The summed E-state index contributed by atoms with van der Waals surface area (Å²) in [6, 6.07) is 10.9. The smallest absolute Gasteiger partial charge is 0.340 e. The molecule has 22 heavy (non-hydrogen) atoms. The number of methoxy groups -OCH3 is 1. The molecule has 0 bridgehead atoms. The van der Waals surface area contributed by atoms with Gasteiger partial charge in [-0.15, -0.1) is 0 Å². The Kier molecular flexibility index (Phi) is 5.41. The van der Waals surface area contributed by atoms with Gasteiger partial charge in [-0.2, -0.15) is 0 Å². The lowest BCUT2D eigenvalue weighted by atomic mass is 10.1. The van der Waals surface area contributed by atoms with Crippen LogP contribution in [-0.2, 0) is 4.74 Å². The first-order valence-electron chi connectivity index (χ1n) is 6.30. The molecule has 0 saturated heterocycles. The van der Waals surface area contributed by atoms with Crippen LogP contribution >= 0.6 is 23.2 Å². The van der Waals surface area contributed by atoms with Crippen molar-refractivity contribution in [2.45, 2.75) is 0 Å². The van der Waals surface area contributed by atoms with Crippen LogP contribution in [0.1, 0.15) is 20.7 Å². The monoisotopic (exact) mass is 338 g/mol. The van der Waals surface area contributed by atoms with Crippen molar-refractivity contribution in [1.29, 1.82) is 0 Å². The van der Waals surface area contributed by atoms with Crippen molar-refractivity contribution in [1.82, 2.24) is 0 Å². The minimum atomic E-state index is -0.677. The molecule has 0 spiro atoms. The van der Waals surface area contributed by atoms with Gasteiger partial charge in [0.1, 0.15) is 5.75 Å². The van der Waals surface area contributed by atoms with Crippen LogP contribution in [0.3, 0.4) is 0 Å². The Morgan fingerprint density at radius 1 is 1.05 bits per heavy atom. The number of esters is 1. The van der Waals surface area contributed by atoms with E-state index >= 15 is 0 Å². The summed E-state index contributed by atoms with van der Waals surface area (Å²) in [5.74, 6) is -0.355. The Morgan fingerprint density at radius 2 is 1.73 bits per heavy atom. The summed E-state index contributed by atoms with van der Waals surface area (Å²) < 4.78 is 9.98. The average molecular weight is 339 g/mol. The Morgan fingerprint density at radius 3 is 2.32 bits per heavy atom. The van der Waals surface area contributed by atoms with Crippen molar-refractivity contribution in [3.05, 3.63) is 63.6 Å². The Balaban J connectivity index is 1.99. The van der Waals surface area contributed by atoms with Gasteiger partial charge < -0.3 is 9.47 Å². The Bertz CT molecular complexity index is 696. The van der Waals surface area contributed by atoms with Crippen LogP contribution in [0.4, 0.5) is 0 Å². The third-order valence-corrected chi connectivity index (χ3v) is 3.45. The predicted octanol–water partition coefficient (Wildman–Crippen LogP) is 4.04. The summed E-state index contributed by atoms with van der Waals surface area (Å²) in [6.07, 6.45) is 0. The lowest BCUT2D eigenvalue weighted by Gasteiger charge is -2.06.